The lowest BCUT2D eigenvalue weighted by molar-refractivity contribution is 0.256. The third-order valence-corrected chi connectivity index (χ3v) is 4.57. The van der Waals surface area contributed by atoms with Crippen LogP contribution in [0.4, 0.5) is 5.69 Å². The molecule has 0 bridgehead atoms. The quantitative estimate of drug-likeness (QED) is 0.526. The summed E-state index contributed by atoms with van der Waals surface area (Å²) in [6.45, 7) is 8.81. The third kappa shape index (κ3) is 6.88. The Hall–Kier alpha value is -1.18. The number of nitrogens with one attached hydrogen (secondary N) is 1. The molecule has 0 spiro atoms. The molecule has 0 amide bonds. The second kappa shape index (κ2) is 8.96. The molecule has 1 aromatic rings. The van der Waals surface area contributed by atoms with Gasteiger partial charge in [-0.1, -0.05) is 26.8 Å². The van der Waals surface area contributed by atoms with Gasteiger partial charge in [0.15, 0.2) is 0 Å². The van der Waals surface area contributed by atoms with E-state index in [1.54, 1.807) is 0 Å². The maximum atomic E-state index is 8.66. The van der Waals surface area contributed by atoms with Crippen molar-refractivity contribution in [2.24, 2.45) is 5.41 Å². The molecular weight excluding hydrogens is 278 g/mol. The van der Waals surface area contributed by atoms with Gasteiger partial charge in [0.2, 0.25) is 0 Å². The van der Waals surface area contributed by atoms with E-state index in [1.165, 1.54) is 4.90 Å². The van der Waals surface area contributed by atoms with Gasteiger partial charge in [-0.3, -0.25) is 0 Å². The maximum absolute atomic E-state index is 8.66. The summed E-state index contributed by atoms with van der Waals surface area (Å²) in [7, 11) is 1.94. The lowest BCUT2D eigenvalue weighted by atomic mass is 9.87. The van der Waals surface area contributed by atoms with Gasteiger partial charge in [0.1, 0.15) is 0 Å². The van der Waals surface area contributed by atoms with E-state index in [4.69, 9.17) is 5.26 Å². The number of nitrogens with zero attached hydrogens (tertiary/aromatic N) is 2. The highest BCUT2D eigenvalue weighted by Gasteiger charge is 2.21. The van der Waals surface area contributed by atoms with Crippen molar-refractivity contribution in [2.75, 3.05) is 25.5 Å². The largest absolute Gasteiger partial charge is 0.388 e. The molecule has 1 rings (SSSR count). The van der Waals surface area contributed by atoms with Crippen molar-refractivity contribution in [3.05, 3.63) is 24.3 Å². The molecule has 0 aliphatic heterocycles. The normalized spacial score (nSPS) is 11.4. The first kappa shape index (κ1) is 17.9. The van der Waals surface area contributed by atoms with Gasteiger partial charge in [0, 0.05) is 37.1 Å². The molecule has 0 aromatic heterocycles. The van der Waals surface area contributed by atoms with E-state index in [2.05, 4.69) is 60.7 Å². The van der Waals surface area contributed by atoms with Crippen molar-refractivity contribution >= 4 is 17.6 Å². The Morgan fingerprint density at radius 1 is 1.38 bits per heavy atom. The number of nitriles is 1. The molecule has 0 aliphatic rings. The Balaban J connectivity index is 2.59. The second-order valence-electron chi connectivity index (χ2n) is 6.00. The van der Waals surface area contributed by atoms with E-state index in [-0.39, 0.29) is 5.41 Å². The minimum atomic E-state index is 0.237. The molecule has 0 aliphatic carbocycles. The molecule has 1 aromatic carbocycles. The summed E-state index contributed by atoms with van der Waals surface area (Å²) in [4.78, 5) is 1.26. The highest BCUT2D eigenvalue weighted by molar-refractivity contribution is 7.97. The van der Waals surface area contributed by atoms with Crippen LogP contribution in [0.5, 0.6) is 0 Å². The van der Waals surface area contributed by atoms with E-state index in [1.807, 2.05) is 19.0 Å². The molecule has 3 nitrogen and oxygen atoms in total. The minimum absolute atomic E-state index is 0.237. The van der Waals surface area contributed by atoms with Gasteiger partial charge >= 0.3 is 0 Å². The number of unbranched alkanes of at least 4 members (excludes halogenated alkanes) is 1. The first-order valence-electron chi connectivity index (χ1n) is 7.58. The number of rotatable bonds is 9. The van der Waals surface area contributed by atoms with E-state index in [9.17, 15) is 0 Å². The summed E-state index contributed by atoms with van der Waals surface area (Å²) >= 11 is 1.81. The van der Waals surface area contributed by atoms with Crippen molar-refractivity contribution in [3.63, 3.8) is 0 Å². The zero-order valence-electron chi connectivity index (χ0n) is 13.6. The molecule has 1 N–H and O–H groups in total. The van der Waals surface area contributed by atoms with Crippen molar-refractivity contribution in [2.45, 2.75) is 44.9 Å². The van der Waals surface area contributed by atoms with Gasteiger partial charge in [-0.25, -0.2) is 4.31 Å². The monoisotopic (exact) mass is 305 g/mol. The molecule has 0 unspecified atom stereocenters. The summed E-state index contributed by atoms with van der Waals surface area (Å²) in [5.74, 6) is 0. The Morgan fingerprint density at radius 3 is 2.76 bits per heavy atom. The fourth-order valence-electron chi connectivity index (χ4n) is 2.27. The predicted octanol–water partition coefficient (Wildman–Crippen LogP) is 4.78. The number of benzene rings is 1. The smallest absolute Gasteiger partial charge is 0.0621 e. The molecule has 0 fully saturated rings. The molecule has 0 saturated heterocycles. The van der Waals surface area contributed by atoms with Crippen LogP contribution < -0.4 is 5.32 Å². The Bertz CT molecular complexity index is 465. The van der Waals surface area contributed by atoms with Crippen LogP contribution in [-0.2, 0) is 0 Å². The van der Waals surface area contributed by atoms with Crippen molar-refractivity contribution in [3.8, 4) is 6.07 Å². The van der Waals surface area contributed by atoms with Crippen LogP contribution in [0, 0.1) is 16.7 Å². The summed E-state index contributed by atoms with van der Waals surface area (Å²) in [5.41, 5.74) is 1.38. The zero-order valence-corrected chi connectivity index (χ0v) is 14.5. The molecule has 21 heavy (non-hydrogen) atoms. The van der Waals surface area contributed by atoms with Crippen LogP contribution in [0.3, 0.4) is 0 Å². The lowest BCUT2D eigenvalue weighted by Crippen LogP contribution is -2.29. The lowest BCUT2D eigenvalue weighted by Gasteiger charge is -2.31. The summed E-state index contributed by atoms with van der Waals surface area (Å²) in [6, 6.07) is 10.7. The highest BCUT2D eigenvalue weighted by Crippen LogP contribution is 2.31. The number of hydrogen-bond acceptors (Lipinski definition) is 4. The minimum Gasteiger partial charge on any atom is -0.388 e. The first-order chi connectivity index (χ1) is 10.0. The predicted molar refractivity (Wildman–Crippen MR) is 92.3 cm³/mol. The van der Waals surface area contributed by atoms with Crippen LogP contribution in [0.2, 0.25) is 0 Å². The molecule has 0 saturated carbocycles. The van der Waals surface area contributed by atoms with Gasteiger partial charge in [-0.15, -0.1) is 0 Å². The van der Waals surface area contributed by atoms with E-state index < -0.39 is 0 Å². The average Bonchev–Trinajstić information content (AvgIpc) is 2.46. The third-order valence-electron chi connectivity index (χ3n) is 3.46. The van der Waals surface area contributed by atoms with Gasteiger partial charge < -0.3 is 5.32 Å². The van der Waals surface area contributed by atoms with Gasteiger partial charge in [-0.2, -0.15) is 5.26 Å². The van der Waals surface area contributed by atoms with E-state index in [0.717, 1.165) is 31.6 Å². The number of hydrogen-bond donors (Lipinski definition) is 1. The van der Waals surface area contributed by atoms with Crippen LogP contribution in [0.15, 0.2) is 29.2 Å². The van der Waals surface area contributed by atoms with Gasteiger partial charge in [-0.05, 0) is 48.4 Å². The summed E-state index contributed by atoms with van der Waals surface area (Å²) < 4.78 is 2.40. The van der Waals surface area contributed by atoms with Gasteiger partial charge in [0.05, 0.1) is 6.07 Å². The second-order valence-corrected chi connectivity index (χ2v) is 7.17. The van der Waals surface area contributed by atoms with Crippen LogP contribution >= 0.6 is 11.9 Å². The Labute approximate surface area is 133 Å². The number of anilines is 1. The molecular formula is C17H27N3S. The van der Waals surface area contributed by atoms with E-state index in [0.29, 0.717) is 6.42 Å². The van der Waals surface area contributed by atoms with Gasteiger partial charge in [0.25, 0.3) is 0 Å². The van der Waals surface area contributed by atoms with Crippen molar-refractivity contribution < 1.29 is 0 Å². The van der Waals surface area contributed by atoms with Crippen molar-refractivity contribution in [1.29, 1.82) is 5.26 Å². The van der Waals surface area contributed by atoms with Crippen LogP contribution in [-0.4, -0.2) is 24.4 Å². The highest BCUT2D eigenvalue weighted by atomic mass is 32.2. The van der Waals surface area contributed by atoms with E-state index >= 15 is 0 Å². The standard InChI is InChI=1S/C17H27N3S/c1-5-20(14-17(2,3)11-6-7-12-18)21-16-10-8-9-15(13-16)19-4/h8-10,13,19H,5-7,11,14H2,1-4H3. The SMILES string of the molecule is CCN(CC(C)(C)CCCC#N)Sc1cccc(NC)c1. The van der Waals surface area contributed by atoms with Crippen LogP contribution in [0.25, 0.3) is 0 Å². The molecule has 0 atom stereocenters. The molecule has 0 heterocycles. The summed E-state index contributed by atoms with van der Waals surface area (Å²) in [6.07, 6.45) is 2.74. The molecule has 0 radical (unpaired) electrons. The Kier molecular flexibility index (Phi) is 7.63. The topological polar surface area (TPSA) is 39.1 Å². The fourth-order valence-corrected chi connectivity index (χ4v) is 3.43. The molecule has 116 valence electrons. The average molecular weight is 305 g/mol. The Morgan fingerprint density at radius 2 is 2.14 bits per heavy atom. The van der Waals surface area contributed by atoms with Crippen LogP contribution in [0.1, 0.15) is 40.0 Å². The summed E-state index contributed by atoms with van der Waals surface area (Å²) in [5, 5.41) is 11.8. The maximum Gasteiger partial charge on any atom is 0.0621 e. The zero-order chi connectivity index (χ0) is 15.7. The van der Waals surface area contributed by atoms with Crippen molar-refractivity contribution in [1.82, 2.24) is 4.31 Å². The first-order valence-corrected chi connectivity index (χ1v) is 8.36. The molecule has 4 heteroatoms. The fraction of sp³-hybridized carbons (Fsp3) is 0.588.